The zero-order valence-electron chi connectivity index (χ0n) is 15.6. The Hall–Kier alpha value is -1.63. The Morgan fingerprint density at radius 1 is 0.625 bits per heavy atom. The van der Waals surface area contributed by atoms with E-state index >= 15 is 0 Å². The lowest BCUT2D eigenvalue weighted by atomic mass is 10.0. The van der Waals surface area contributed by atoms with E-state index in [1.54, 1.807) is 0 Å². The molecule has 24 heavy (non-hydrogen) atoms. The molecule has 0 bridgehead atoms. The molecular weight excluding hydrogens is 290 g/mol. The molecule has 0 radical (unpaired) electrons. The third-order valence-corrected chi connectivity index (χ3v) is 4.71. The monoisotopic (exact) mass is 323 g/mol. The van der Waals surface area contributed by atoms with Gasteiger partial charge in [0.2, 0.25) is 0 Å². The highest BCUT2D eigenvalue weighted by Crippen LogP contribution is 2.19. The molecular formula is C23H33N. The predicted octanol–water partition coefficient (Wildman–Crippen LogP) is 6.99. The van der Waals surface area contributed by atoms with Crippen molar-refractivity contribution < 1.29 is 0 Å². The van der Waals surface area contributed by atoms with Crippen LogP contribution in [0.15, 0.2) is 42.6 Å². The summed E-state index contributed by atoms with van der Waals surface area (Å²) in [6.07, 6.45) is 15.0. The molecule has 130 valence electrons. The number of unbranched alkanes of at least 4 members (excludes halogenated alkanes) is 6. The maximum atomic E-state index is 4.67. The summed E-state index contributed by atoms with van der Waals surface area (Å²) in [4.78, 5) is 4.67. The average Bonchev–Trinajstić information content (AvgIpc) is 2.63. The summed E-state index contributed by atoms with van der Waals surface area (Å²) in [5.74, 6) is 0. The fourth-order valence-corrected chi connectivity index (χ4v) is 3.10. The minimum atomic E-state index is 1.09. The molecule has 0 atom stereocenters. The standard InChI is InChI=1S/C23H33N/c1-3-5-7-8-10-12-21-15-18-23(24-19-21)22-16-13-20(14-17-22)11-9-6-4-2/h13-19H,3-12H2,1-2H3. The fraction of sp³-hybridized carbons (Fsp3) is 0.522. The number of nitrogens with zero attached hydrogens (tertiary/aromatic N) is 1. The summed E-state index contributed by atoms with van der Waals surface area (Å²) >= 11 is 0. The number of aromatic nitrogens is 1. The molecule has 1 heterocycles. The quantitative estimate of drug-likeness (QED) is 0.406. The Labute approximate surface area is 148 Å². The fourth-order valence-electron chi connectivity index (χ4n) is 3.10. The average molecular weight is 324 g/mol. The molecule has 1 nitrogen and oxygen atoms in total. The van der Waals surface area contributed by atoms with Gasteiger partial charge in [0.25, 0.3) is 0 Å². The minimum Gasteiger partial charge on any atom is -0.256 e. The number of rotatable bonds is 11. The Morgan fingerprint density at radius 2 is 1.21 bits per heavy atom. The zero-order valence-corrected chi connectivity index (χ0v) is 15.6. The highest BCUT2D eigenvalue weighted by atomic mass is 14.7. The van der Waals surface area contributed by atoms with E-state index in [1.807, 2.05) is 0 Å². The van der Waals surface area contributed by atoms with Gasteiger partial charge in [-0.15, -0.1) is 0 Å². The first kappa shape index (κ1) is 18.7. The highest BCUT2D eigenvalue weighted by Gasteiger charge is 2.01. The van der Waals surface area contributed by atoms with E-state index in [-0.39, 0.29) is 0 Å². The van der Waals surface area contributed by atoms with Crippen molar-refractivity contribution in [3.63, 3.8) is 0 Å². The van der Waals surface area contributed by atoms with Gasteiger partial charge in [0, 0.05) is 11.8 Å². The number of benzene rings is 1. The SMILES string of the molecule is CCCCCCCc1ccc(-c2ccc(CCCCC)cc2)nc1. The predicted molar refractivity (Wildman–Crippen MR) is 105 cm³/mol. The second-order valence-electron chi connectivity index (χ2n) is 6.87. The highest BCUT2D eigenvalue weighted by molar-refractivity contribution is 5.59. The molecule has 0 aliphatic heterocycles. The molecule has 0 spiro atoms. The summed E-state index contributed by atoms with van der Waals surface area (Å²) in [7, 11) is 0. The molecule has 0 fully saturated rings. The van der Waals surface area contributed by atoms with Gasteiger partial charge in [-0.1, -0.05) is 82.7 Å². The molecule has 0 unspecified atom stereocenters. The summed E-state index contributed by atoms with van der Waals surface area (Å²) < 4.78 is 0. The van der Waals surface area contributed by atoms with Gasteiger partial charge in [0.15, 0.2) is 0 Å². The first-order valence-corrected chi connectivity index (χ1v) is 9.87. The summed E-state index contributed by atoms with van der Waals surface area (Å²) in [6, 6.07) is 13.4. The third kappa shape index (κ3) is 6.47. The van der Waals surface area contributed by atoms with Crippen LogP contribution in [-0.4, -0.2) is 4.98 Å². The van der Waals surface area contributed by atoms with Gasteiger partial charge in [-0.05, 0) is 42.9 Å². The number of pyridine rings is 1. The van der Waals surface area contributed by atoms with Crippen LogP contribution in [0.5, 0.6) is 0 Å². The van der Waals surface area contributed by atoms with E-state index < -0.39 is 0 Å². The van der Waals surface area contributed by atoms with E-state index in [4.69, 9.17) is 0 Å². The number of hydrogen-bond acceptors (Lipinski definition) is 1. The lowest BCUT2D eigenvalue weighted by molar-refractivity contribution is 0.632. The second kappa shape index (κ2) is 11.0. The maximum absolute atomic E-state index is 4.67. The van der Waals surface area contributed by atoms with Crippen LogP contribution in [0.3, 0.4) is 0 Å². The molecule has 1 heteroatoms. The van der Waals surface area contributed by atoms with Crippen LogP contribution in [-0.2, 0) is 12.8 Å². The zero-order chi connectivity index (χ0) is 17.0. The summed E-state index contributed by atoms with van der Waals surface area (Å²) in [6.45, 7) is 4.52. The Balaban J connectivity index is 1.83. The van der Waals surface area contributed by atoms with E-state index in [2.05, 4.69) is 61.4 Å². The first-order valence-electron chi connectivity index (χ1n) is 9.87. The summed E-state index contributed by atoms with van der Waals surface area (Å²) in [5, 5.41) is 0. The van der Waals surface area contributed by atoms with Crippen molar-refractivity contribution in [2.24, 2.45) is 0 Å². The normalized spacial score (nSPS) is 10.9. The molecule has 1 aromatic heterocycles. The molecule has 0 saturated heterocycles. The van der Waals surface area contributed by atoms with Gasteiger partial charge in [-0.2, -0.15) is 0 Å². The largest absolute Gasteiger partial charge is 0.256 e. The van der Waals surface area contributed by atoms with Gasteiger partial charge < -0.3 is 0 Å². The lowest BCUT2D eigenvalue weighted by Gasteiger charge is -2.06. The van der Waals surface area contributed by atoms with Crippen molar-refractivity contribution in [2.75, 3.05) is 0 Å². The Bertz CT molecular complexity index is 554. The van der Waals surface area contributed by atoms with Crippen molar-refractivity contribution in [2.45, 2.75) is 78.1 Å². The van der Waals surface area contributed by atoms with Crippen molar-refractivity contribution in [3.8, 4) is 11.3 Å². The smallest absolute Gasteiger partial charge is 0.0702 e. The van der Waals surface area contributed by atoms with Gasteiger partial charge in [0.05, 0.1) is 5.69 Å². The Morgan fingerprint density at radius 3 is 1.88 bits per heavy atom. The van der Waals surface area contributed by atoms with Gasteiger partial charge in [0.1, 0.15) is 0 Å². The van der Waals surface area contributed by atoms with E-state index in [0.29, 0.717) is 0 Å². The van der Waals surface area contributed by atoms with Crippen LogP contribution in [0.1, 0.15) is 76.3 Å². The van der Waals surface area contributed by atoms with Gasteiger partial charge in [-0.25, -0.2) is 0 Å². The topological polar surface area (TPSA) is 12.9 Å². The first-order chi connectivity index (χ1) is 11.8. The molecule has 0 aliphatic carbocycles. The van der Waals surface area contributed by atoms with E-state index in [9.17, 15) is 0 Å². The molecule has 2 aromatic rings. The molecule has 0 aliphatic rings. The lowest BCUT2D eigenvalue weighted by Crippen LogP contribution is -1.90. The van der Waals surface area contributed by atoms with E-state index in [1.165, 1.54) is 74.5 Å². The Kier molecular flexibility index (Phi) is 8.59. The van der Waals surface area contributed by atoms with Crippen molar-refractivity contribution in [1.82, 2.24) is 4.98 Å². The van der Waals surface area contributed by atoms with Crippen LogP contribution in [0.2, 0.25) is 0 Å². The maximum Gasteiger partial charge on any atom is 0.0702 e. The van der Waals surface area contributed by atoms with Crippen LogP contribution in [0, 0.1) is 0 Å². The van der Waals surface area contributed by atoms with Gasteiger partial charge >= 0.3 is 0 Å². The van der Waals surface area contributed by atoms with Crippen LogP contribution < -0.4 is 0 Å². The van der Waals surface area contributed by atoms with Crippen LogP contribution in [0.4, 0.5) is 0 Å². The van der Waals surface area contributed by atoms with Crippen LogP contribution >= 0.6 is 0 Å². The van der Waals surface area contributed by atoms with Crippen molar-refractivity contribution in [3.05, 3.63) is 53.7 Å². The van der Waals surface area contributed by atoms with E-state index in [0.717, 1.165) is 12.1 Å². The molecule has 1 aromatic carbocycles. The van der Waals surface area contributed by atoms with Gasteiger partial charge in [-0.3, -0.25) is 4.98 Å². The number of aryl methyl sites for hydroxylation is 2. The molecule has 0 amide bonds. The molecule has 0 N–H and O–H groups in total. The third-order valence-electron chi connectivity index (χ3n) is 4.71. The second-order valence-corrected chi connectivity index (χ2v) is 6.87. The molecule has 2 rings (SSSR count). The summed E-state index contributed by atoms with van der Waals surface area (Å²) in [5.41, 5.74) is 5.12. The number of hydrogen-bond donors (Lipinski definition) is 0. The van der Waals surface area contributed by atoms with Crippen molar-refractivity contribution in [1.29, 1.82) is 0 Å². The van der Waals surface area contributed by atoms with Crippen molar-refractivity contribution >= 4 is 0 Å². The minimum absolute atomic E-state index is 1.09. The molecule has 0 saturated carbocycles. The van der Waals surface area contributed by atoms with Crippen LogP contribution in [0.25, 0.3) is 11.3 Å².